The Hall–Kier alpha value is -3.93. The summed E-state index contributed by atoms with van der Waals surface area (Å²) in [5.74, 6) is -0.187. The molecule has 0 atom stereocenters. The van der Waals surface area contributed by atoms with E-state index in [0.717, 1.165) is 22.9 Å². The molecule has 1 aromatic carbocycles. The van der Waals surface area contributed by atoms with Crippen LogP contribution in [-0.2, 0) is 20.1 Å². The lowest BCUT2D eigenvalue weighted by molar-refractivity contribution is 0.0783. The normalized spacial score (nSPS) is 11.0. The molecular formula is C22H23FN8O2S. The summed E-state index contributed by atoms with van der Waals surface area (Å²) < 4.78 is 19.1. The van der Waals surface area contributed by atoms with Gasteiger partial charge in [-0.2, -0.15) is 9.47 Å². The summed E-state index contributed by atoms with van der Waals surface area (Å²) in [5, 5.41) is 9.91. The highest BCUT2D eigenvalue weighted by molar-refractivity contribution is 7.09. The second kappa shape index (κ2) is 9.51. The number of nitrogens with zero attached hydrogens (tertiary/aromatic N) is 6. The van der Waals surface area contributed by atoms with Crippen molar-refractivity contribution in [2.24, 2.45) is 7.05 Å². The third-order valence-corrected chi connectivity index (χ3v) is 5.74. The molecule has 0 saturated carbocycles. The van der Waals surface area contributed by atoms with Gasteiger partial charge >= 0.3 is 6.03 Å². The van der Waals surface area contributed by atoms with E-state index in [1.807, 2.05) is 13.8 Å². The average Bonchev–Trinajstić information content (AvgIpc) is 3.34. The zero-order valence-electron chi connectivity index (χ0n) is 19.1. The quantitative estimate of drug-likeness (QED) is 0.436. The van der Waals surface area contributed by atoms with Crippen molar-refractivity contribution in [2.45, 2.75) is 26.9 Å². The largest absolute Gasteiger partial charge is 0.334 e. The Balaban J connectivity index is 1.40. The van der Waals surface area contributed by atoms with Crippen molar-refractivity contribution in [2.75, 3.05) is 12.4 Å². The van der Waals surface area contributed by atoms with E-state index in [4.69, 9.17) is 0 Å². The van der Waals surface area contributed by atoms with Crippen LogP contribution in [-0.4, -0.2) is 48.0 Å². The molecule has 0 bridgehead atoms. The van der Waals surface area contributed by atoms with Gasteiger partial charge in [-0.05, 0) is 37.6 Å². The summed E-state index contributed by atoms with van der Waals surface area (Å²) >= 11 is 1.01. The van der Waals surface area contributed by atoms with Gasteiger partial charge in [0.05, 0.1) is 23.3 Å². The summed E-state index contributed by atoms with van der Waals surface area (Å²) in [7, 11) is 3.44. The van der Waals surface area contributed by atoms with Crippen LogP contribution in [0.25, 0.3) is 11.0 Å². The molecule has 0 fully saturated rings. The molecule has 0 saturated heterocycles. The number of hydrogen-bond donors (Lipinski definition) is 2. The Labute approximate surface area is 199 Å². The number of anilines is 1. The fourth-order valence-corrected chi connectivity index (χ4v) is 4.14. The van der Waals surface area contributed by atoms with Gasteiger partial charge < -0.3 is 10.2 Å². The summed E-state index contributed by atoms with van der Waals surface area (Å²) in [6.45, 7) is 4.01. The minimum absolute atomic E-state index is 0.154. The van der Waals surface area contributed by atoms with E-state index >= 15 is 0 Å². The van der Waals surface area contributed by atoms with Gasteiger partial charge in [-0.25, -0.2) is 19.2 Å². The molecule has 0 aliphatic rings. The van der Waals surface area contributed by atoms with Crippen LogP contribution < -0.4 is 10.6 Å². The van der Waals surface area contributed by atoms with Crippen LogP contribution in [0.2, 0.25) is 0 Å². The van der Waals surface area contributed by atoms with E-state index in [0.29, 0.717) is 28.0 Å². The molecule has 176 valence electrons. The number of urea groups is 1. The van der Waals surface area contributed by atoms with Gasteiger partial charge in [0.25, 0.3) is 5.91 Å². The van der Waals surface area contributed by atoms with E-state index in [1.165, 1.54) is 17.0 Å². The zero-order valence-corrected chi connectivity index (χ0v) is 19.9. The van der Waals surface area contributed by atoms with E-state index in [-0.39, 0.29) is 29.9 Å². The van der Waals surface area contributed by atoms with Crippen molar-refractivity contribution in [1.29, 1.82) is 0 Å². The second-order valence-corrected chi connectivity index (χ2v) is 8.58. The molecule has 2 N–H and O–H groups in total. The highest BCUT2D eigenvalue weighted by Gasteiger charge is 2.21. The van der Waals surface area contributed by atoms with Crippen molar-refractivity contribution < 1.29 is 14.0 Å². The van der Waals surface area contributed by atoms with Crippen molar-refractivity contribution >= 4 is 39.6 Å². The van der Waals surface area contributed by atoms with E-state index in [9.17, 15) is 14.0 Å². The van der Waals surface area contributed by atoms with Gasteiger partial charge in [-0.3, -0.25) is 14.8 Å². The standard InChI is InChI=1S/C22H23FN8O2S/c1-12-8-16(19-18(25-12)13(2)28-31(19)4)20(32)30(3)11-17-26-22(34-29-17)27-21(33)24-10-14-6-5-7-15(23)9-14/h5-9H,10-11H2,1-4H3,(H2,24,26,27,29,33). The lowest BCUT2D eigenvalue weighted by Gasteiger charge is -2.16. The van der Waals surface area contributed by atoms with Gasteiger partial charge in [0.1, 0.15) is 11.3 Å². The first-order valence-electron chi connectivity index (χ1n) is 10.4. The molecule has 3 aromatic heterocycles. The third kappa shape index (κ3) is 5.01. The van der Waals surface area contributed by atoms with Crippen LogP contribution in [0.3, 0.4) is 0 Å². The number of rotatable bonds is 6. The predicted octanol–water partition coefficient (Wildman–Crippen LogP) is 3.17. The molecule has 4 aromatic rings. The molecule has 0 radical (unpaired) electrons. The number of carbonyl (C=O) groups is 2. The first-order valence-corrected chi connectivity index (χ1v) is 11.2. The Morgan fingerprint density at radius 2 is 2.00 bits per heavy atom. The van der Waals surface area contributed by atoms with Crippen molar-refractivity contribution in [3.05, 3.63) is 64.5 Å². The number of carbonyl (C=O) groups excluding carboxylic acids is 2. The summed E-state index contributed by atoms with van der Waals surface area (Å²) in [4.78, 5) is 35.6. The number of fused-ring (bicyclic) bond motifs is 1. The van der Waals surface area contributed by atoms with Crippen LogP contribution in [0.15, 0.2) is 30.3 Å². The minimum Gasteiger partial charge on any atom is -0.334 e. The van der Waals surface area contributed by atoms with E-state index in [2.05, 4.69) is 30.1 Å². The molecule has 0 spiro atoms. The monoisotopic (exact) mass is 482 g/mol. The number of amides is 3. The summed E-state index contributed by atoms with van der Waals surface area (Å²) in [5.41, 5.74) is 3.98. The minimum atomic E-state index is -0.488. The first kappa shape index (κ1) is 23.2. The number of aromatic nitrogens is 5. The maximum atomic E-state index is 13.2. The molecule has 0 unspecified atom stereocenters. The number of benzene rings is 1. The topological polar surface area (TPSA) is 118 Å². The maximum Gasteiger partial charge on any atom is 0.321 e. The van der Waals surface area contributed by atoms with Crippen LogP contribution in [0.5, 0.6) is 0 Å². The van der Waals surface area contributed by atoms with Crippen LogP contribution in [0, 0.1) is 19.7 Å². The molecule has 3 amide bonds. The van der Waals surface area contributed by atoms with Crippen molar-refractivity contribution in [3.63, 3.8) is 0 Å². The van der Waals surface area contributed by atoms with E-state index < -0.39 is 6.03 Å². The zero-order chi connectivity index (χ0) is 24.4. The van der Waals surface area contributed by atoms with Crippen LogP contribution >= 0.6 is 11.5 Å². The Morgan fingerprint density at radius 3 is 2.76 bits per heavy atom. The maximum absolute atomic E-state index is 13.2. The lowest BCUT2D eigenvalue weighted by atomic mass is 10.1. The molecule has 34 heavy (non-hydrogen) atoms. The number of hydrogen-bond acceptors (Lipinski definition) is 7. The second-order valence-electron chi connectivity index (χ2n) is 7.83. The van der Waals surface area contributed by atoms with Gasteiger partial charge in [-0.15, -0.1) is 0 Å². The predicted molar refractivity (Wildman–Crippen MR) is 126 cm³/mol. The Bertz CT molecular complexity index is 1380. The lowest BCUT2D eigenvalue weighted by Crippen LogP contribution is -2.28. The first-order chi connectivity index (χ1) is 16.2. The van der Waals surface area contributed by atoms with Gasteiger partial charge in [0, 0.05) is 37.9 Å². The van der Waals surface area contributed by atoms with Gasteiger partial charge in [0.15, 0.2) is 5.82 Å². The van der Waals surface area contributed by atoms with E-state index in [1.54, 1.807) is 37.0 Å². The molecule has 0 aliphatic carbocycles. The summed E-state index contributed by atoms with van der Waals surface area (Å²) in [6.07, 6.45) is 0. The summed E-state index contributed by atoms with van der Waals surface area (Å²) in [6, 6.07) is 7.23. The SMILES string of the molecule is Cc1cc(C(=O)N(C)Cc2nsc(NC(=O)NCc3cccc(F)c3)n2)c2c(n1)c(C)nn2C. The average molecular weight is 483 g/mol. The smallest absolute Gasteiger partial charge is 0.321 e. The van der Waals surface area contributed by atoms with Crippen molar-refractivity contribution in [1.82, 2.24) is 34.3 Å². The van der Waals surface area contributed by atoms with Gasteiger partial charge in [-0.1, -0.05) is 12.1 Å². The van der Waals surface area contributed by atoms with Crippen molar-refractivity contribution in [3.8, 4) is 0 Å². The number of pyridine rings is 1. The third-order valence-electron chi connectivity index (χ3n) is 5.07. The molecule has 3 heterocycles. The molecule has 10 nitrogen and oxygen atoms in total. The molecule has 12 heteroatoms. The van der Waals surface area contributed by atoms with Crippen LogP contribution in [0.1, 0.15) is 33.1 Å². The van der Waals surface area contributed by atoms with Gasteiger partial charge in [0.2, 0.25) is 5.13 Å². The fourth-order valence-electron chi connectivity index (χ4n) is 3.56. The molecular weight excluding hydrogens is 459 g/mol. The van der Waals surface area contributed by atoms with Crippen LogP contribution in [0.4, 0.5) is 14.3 Å². The Morgan fingerprint density at radius 1 is 1.21 bits per heavy atom. The molecule has 4 rings (SSSR count). The number of nitrogens with one attached hydrogen (secondary N) is 2. The fraction of sp³-hybridized carbons (Fsp3) is 0.273. The highest BCUT2D eigenvalue weighted by atomic mass is 32.1. The highest BCUT2D eigenvalue weighted by Crippen LogP contribution is 2.22. The number of aryl methyl sites for hydroxylation is 3. The number of halogens is 1. The Kier molecular flexibility index (Phi) is 6.50. The molecule has 0 aliphatic heterocycles.